The third-order valence-corrected chi connectivity index (χ3v) is 7.66. The number of benzene rings is 3. The first-order valence-corrected chi connectivity index (χ1v) is 14.0. The fourth-order valence-electron chi connectivity index (χ4n) is 4.73. The van der Waals surface area contributed by atoms with Crippen molar-refractivity contribution in [2.75, 3.05) is 13.7 Å². The van der Waals surface area contributed by atoms with E-state index in [4.69, 9.17) is 14.2 Å². The van der Waals surface area contributed by atoms with Gasteiger partial charge in [-0.2, -0.15) is 0 Å². The molecule has 1 aromatic heterocycles. The smallest absolute Gasteiger partial charge is 0.338 e. The number of nitrogens with zero attached hydrogens (tertiary/aromatic N) is 4. The Hall–Kier alpha value is -5.63. The second kappa shape index (κ2) is 12.3. The van der Waals surface area contributed by atoms with Gasteiger partial charge in [0.15, 0.2) is 16.3 Å². The number of rotatable bonds is 9. The van der Waals surface area contributed by atoms with Gasteiger partial charge in [-0.3, -0.25) is 29.6 Å². The number of hydrogen-bond acceptors (Lipinski definition) is 11. The van der Waals surface area contributed by atoms with Gasteiger partial charge < -0.3 is 14.2 Å². The molecule has 0 N–H and O–H groups in total. The van der Waals surface area contributed by atoms with Crippen LogP contribution < -0.4 is 24.4 Å². The molecule has 14 heteroatoms. The van der Waals surface area contributed by atoms with Gasteiger partial charge in [0.05, 0.1) is 51.5 Å². The number of allylic oxidation sites excluding steroid dienone is 1. The first kappa shape index (κ1) is 29.8. The maximum Gasteiger partial charge on any atom is 0.338 e. The summed E-state index contributed by atoms with van der Waals surface area (Å²) in [5, 5.41) is 22.7. The van der Waals surface area contributed by atoms with Crippen LogP contribution >= 0.6 is 11.3 Å². The number of non-ortho nitro benzene ring substituents is 1. The third kappa shape index (κ3) is 5.70. The van der Waals surface area contributed by atoms with Gasteiger partial charge in [0.2, 0.25) is 5.75 Å². The summed E-state index contributed by atoms with van der Waals surface area (Å²) in [5.74, 6) is -0.433. The lowest BCUT2D eigenvalue weighted by atomic mass is 9.96. The Balaban J connectivity index is 1.58. The monoisotopic (exact) mass is 616 g/mol. The normalized spacial score (nSPS) is 14.4. The van der Waals surface area contributed by atoms with Gasteiger partial charge in [-0.1, -0.05) is 47.7 Å². The van der Waals surface area contributed by atoms with Gasteiger partial charge in [-0.25, -0.2) is 9.79 Å². The van der Waals surface area contributed by atoms with E-state index in [1.54, 1.807) is 32.1 Å². The number of carbonyl (C=O) groups is 1. The summed E-state index contributed by atoms with van der Waals surface area (Å²) >= 11 is 1.16. The Morgan fingerprint density at radius 2 is 1.75 bits per heavy atom. The molecule has 0 spiro atoms. The van der Waals surface area contributed by atoms with Crippen molar-refractivity contribution in [3.05, 3.63) is 129 Å². The van der Waals surface area contributed by atoms with Crippen molar-refractivity contribution in [3.8, 4) is 17.2 Å². The highest BCUT2D eigenvalue weighted by Gasteiger charge is 2.33. The minimum absolute atomic E-state index is 0.129. The van der Waals surface area contributed by atoms with E-state index >= 15 is 0 Å². The lowest BCUT2D eigenvalue weighted by Crippen LogP contribution is -2.39. The highest BCUT2D eigenvalue weighted by atomic mass is 32.1. The lowest BCUT2D eigenvalue weighted by molar-refractivity contribution is -0.394. The fourth-order valence-corrected chi connectivity index (χ4v) is 5.78. The SMILES string of the molecule is CCOc1cc(C=c2sc3n(c2=O)C(c2ccccc2)C(C(=O)OC)=C(C)N=3)ccc1Oc1ccc([N+](=O)[O-])cc1[N+](=O)[O-]. The minimum Gasteiger partial charge on any atom is -0.490 e. The molecular formula is C30H24N4O9S. The standard InChI is InChI=1S/C30H24N4O9S/c1-4-42-24-14-18(10-12-23(24)43-22-13-11-20(33(37)38)16-21(22)34(39)40)15-25-28(35)32-27(19-8-6-5-7-9-19)26(29(36)41-3)17(2)31-30(32)44-25/h5-16,27H,4H2,1-3H3. The van der Waals surface area contributed by atoms with E-state index in [1.165, 1.54) is 17.7 Å². The molecule has 4 aromatic rings. The first-order valence-electron chi connectivity index (χ1n) is 13.2. The maximum absolute atomic E-state index is 13.8. The Kier molecular flexibility index (Phi) is 8.35. The van der Waals surface area contributed by atoms with Crippen molar-refractivity contribution in [2.24, 2.45) is 4.99 Å². The molecule has 3 aromatic carbocycles. The molecule has 0 saturated heterocycles. The van der Waals surface area contributed by atoms with E-state index < -0.39 is 33.2 Å². The molecule has 1 aliphatic rings. The van der Waals surface area contributed by atoms with Crippen molar-refractivity contribution in [1.82, 2.24) is 4.57 Å². The van der Waals surface area contributed by atoms with Crippen LogP contribution in [0.25, 0.3) is 6.08 Å². The number of nitro benzene ring substituents is 2. The zero-order valence-electron chi connectivity index (χ0n) is 23.6. The minimum atomic E-state index is -0.771. The molecule has 1 aliphatic heterocycles. The Bertz CT molecular complexity index is 2020. The van der Waals surface area contributed by atoms with Gasteiger partial charge in [0.25, 0.3) is 11.2 Å². The summed E-state index contributed by atoms with van der Waals surface area (Å²) in [6, 6.07) is 16.2. The lowest BCUT2D eigenvalue weighted by Gasteiger charge is -2.24. The number of hydrogen-bond donors (Lipinski definition) is 0. The molecular weight excluding hydrogens is 592 g/mol. The second-order valence-corrected chi connectivity index (χ2v) is 10.4. The number of thiazole rings is 1. The van der Waals surface area contributed by atoms with Gasteiger partial charge in [0.1, 0.15) is 0 Å². The molecule has 0 saturated carbocycles. The van der Waals surface area contributed by atoms with E-state index in [-0.39, 0.29) is 35.0 Å². The van der Waals surface area contributed by atoms with Crippen LogP contribution in [0.5, 0.6) is 17.2 Å². The van der Waals surface area contributed by atoms with Crippen LogP contribution in [0.4, 0.5) is 11.4 Å². The van der Waals surface area contributed by atoms with Gasteiger partial charge in [-0.05, 0) is 49.2 Å². The zero-order valence-corrected chi connectivity index (χ0v) is 24.4. The Morgan fingerprint density at radius 3 is 2.41 bits per heavy atom. The van der Waals surface area contributed by atoms with E-state index in [0.717, 1.165) is 35.1 Å². The predicted molar refractivity (Wildman–Crippen MR) is 160 cm³/mol. The predicted octanol–water partition coefficient (Wildman–Crippen LogP) is 4.42. The van der Waals surface area contributed by atoms with E-state index in [2.05, 4.69) is 4.99 Å². The molecule has 44 heavy (non-hydrogen) atoms. The number of methoxy groups -OCH3 is 1. The van der Waals surface area contributed by atoms with Crippen LogP contribution in [0.1, 0.15) is 31.0 Å². The fraction of sp³-hybridized carbons (Fsp3) is 0.167. The number of aromatic nitrogens is 1. The van der Waals surface area contributed by atoms with Crippen molar-refractivity contribution in [2.45, 2.75) is 19.9 Å². The first-order chi connectivity index (χ1) is 21.1. The van der Waals surface area contributed by atoms with E-state index in [0.29, 0.717) is 20.6 Å². The molecule has 1 unspecified atom stereocenters. The van der Waals surface area contributed by atoms with Crippen LogP contribution in [0, 0.1) is 20.2 Å². The third-order valence-electron chi connectivity index (χ3n) is 6.68. The summed E-state index contributed by atoms with van der Waals surface area (Å²) in [6.45, 7) is 3.67. The number of fused-ring (bicyclic) bond motifs is 1. The number of esters is 1. The van der Waals surface area contributed by atoms with Gasteiger partial charge in [-0.15, -0.1) is 0 Å². The maximum atomic E-state index is 13.8. The number of carbonyl (C=O) groups excluding carboxylic acids is 1. The second-order valence-electron chi connectivity index (χ2n) is 9.39. The van der Waals surface area contributed by atoms with Crippen LogP contribution in [-0.2, 0) is 9.53 Å². The quantitative estimate of drug-likeness (QED) is 0.150. The molecule has 1 atom stereocenters. The molecule has 0 amide bonds. The summed E-state index contributed by atoms with van der Waals surface area (Å²) in [5.41, 5.74) is 0.587. The Morgan fingerprint density at radius 1 is 1.02 bits per heavy atom. The molecule has 0 bridgehead atoms. The Labute approximate surface area is 252 Å². The summed E-state index contributed by atoms with van der Waals surface area (Å²) in [4.78, 5) is 52.7. The molecule has 224 valence electrons. The summed E-state index contributed by atoms with van der Waals surface area (Å²) in [6.07, 6.45) is 1.64. The molecule has 0 fully saturated rings. The number of ether oxygens (including phenoxy) is 3. The highest BCUT2D eigenvalue weighted by Crippen LogP contribution is 2.38. The average Bonchev–Trinajstić information content (AvgIpc) is 3.31. The molecule has 5 rings (SSSR count). The van der Waals surface area contributed by atoms with Gasteiger partial charge in [0, 0.05) is 6.07 Å². The zero-order chi connectivity index (χ0) is 31.5. The molecule has 2 heterocycles. The molecule has 0 aliphatic carbocycles. The van der Waals surface area contributed by atoms with Gasteiger partial charge >= 0.3 is 11.7 Å². The van der Waals surface area contributed by atoms with E-state index in [9.17, 15) is 29.8 Å². The van der Waals surface area contributed by atoms with Crippen LogP contribution in [0.15, 0.2) is 87.8 Å². The molecule has 0 radical (unpaired) electrons. The largest absolute Gasteiger partial charge is 0.490 e. The van der Waals surface area contributed by atoms with Crippen LogP contribution in [-0.4, -0.2) is 34.1 Å². The van der Waals surface area contributed by atoms with Crippen LogP contribution in [0.2, 0.25) is 0 Å². The van der Waals surface area contributed by atoms with Crippen molar-refractivity contribution in [1.29, 1.82) is 0 Å². The van der Waals surface area contributed by atoms with Crippen molar-refractivity contribution < 1.29 is 28.9 Å². The van der Waals surface area contributed by atoms with Crippen LogP contribution in [0.3, 0.4) is 0 Å². The van der Waals surface area contributed by atoms with Crippen molar-refractivity contribution in [3.63, 3.8) is 0 Å². The van der Waals surface area contributed by atoms with E-state index in [1.807, 2.05) is 30.3 Å². The summed E-state index contributed by atoms with van der Waals surface area (Å²) in [7, 11) is 1.28. The number of nitro groups is 2. The average molecular weight is 617 g/mol. The summed E-state index contributed by atoms with van der Waals surface area (Å²) < 4.78 is 18.3. The molecule has 13 nitrogen and oxygen atoms in total. The topological polar surface area (TPSA) is 165 Å². The highest BCUT2D eigenvalue weighted by molar-refractivity contribution is 7.07. The van der Waals surface area contributed by atoms with Crippen molar-refractivity contribution >= 4 is 34.8 Å².